The van der Waals surface area contributed by atoms with Crippen molar-refractivity contribution in [3.05, 3.63) is 0 Å². The van der Waals surface area contributed by atoms with E-state index in [0.717, 1.165) is 19.3 Å². The first-order valence-corrected chi connectivity index (χ1v) is 5.64. The lowest BCUT2D eigenvalue weighted by atomic mass is 10.0. The van der Waals surface area contributed by atoms with E-state index in [9.17, 15) is 4.79 Å². The molecule has 2 N–H and O–H groups in total. The fourth-order valence-electron chi connectivity index (χ4n) is 2.05. The van der Waals surface area contributed by atoms with E-state index in [0.29, 0.717) is 19.1 Å². The molecule has 0 aliphatic carbocycles. The number of hydrogen-bond donors (Lipinski definition) is 2. The van der Waals surface area contributed by atoms with Crippen LogP contribution in [0.5, 0.6) is 0 Å². The monoisotopic (exact) mass is 214 g/mol. The second kappa shape index (κ2) is 4.84. The summed E-state index contributed by atoms with van der Waals surface area (Å²) >= 11 is 0. The zero-order valence-corrected chi connectivity index (χ0v) is 9.92. The van der Waals surface area contributed by atoms with Crippen LogP contribution in [0.15, 0.2) is 0 Å². The molecule has 15 heavy (non-hydrogen) atoms. The lowest BCUT2D eigenvalue weighted by molar-refractivity contribution is 0.141. The van der Waals surface area contributed by atoms with Crippen LogP contribution in [-0.4, -0.2) is 40.8 Å². The number of carboxylic acid groups (broad SMARTS) is 1. The first-order chi connectivity index (χ1) is 6.88. The maximum Gasteiger partial charge on any atom is 0.407 e. The summed E-state index contributed by atoms with van der Waals surface area (Å²) in [5.41, 5.74) is 0.0547. The third-order valence-electron chi connectivity index (χ3n) is 2.58. The van der Waals surface area contributed by atoms with E-state index in [4.69, 9.17) is 5.11 Å². The second-order valence-electron chi connectivity index (χ2n) is 5.32. The van der Waals surface area contributed by atoms with Gasteiger partial charge in [-0.2, -0.15) is 0 Å². The van der Waals surface area contributed by atoms with E-state index >= 15 is 0 Å². The van der Waals surface area contributed by atoms with E-state index in [1.165, 1.54) is 4.90 Å². The largest absolute Gasteiger partial charge is 0.465 e. The van der Waals surface area contributed by atoms with E-state index in [2.05, 4.69) is 26.1 Å². The van der Waals surface area contributed by atoms with Gasteiger partial charge in [-0.1, -0.05) is 6.42 Å². The number of nitrogens with one attached hydrogen (secondary N) is 1. The molecule has 0 aromatic carbocycles. The van der Waals surface area contributed by atoms with Crippen LogP contribution in [0.1, 0.15) is 40.0 Å². The first-order valence-electron chi connectivity index (χ1n) is 5.64. The van der Waals surface area contributed by atoms with Crippen molar-refractivity contribution in [1.82, 2.24) is 10.2 Å². The summed E-state index contributed by atoms with van der Waals surface area (Å²) < 4.78 is 0. The van der Waals surface area contributed by atoms with Crippen molar-refractivity contribution in [3.63, 3.8) is 0 Å². The SMILES string of the molecule is CC(C)(C)N[C@H]1CCCCN(C(=O)O)C1. The predicted molar refractivity (Wildman–Crippen MR) is 60.1 cm³/mol. The summed E-state index contributed by atoms with van der Waals surface area (Å²) in [6.45, 7) is 7.64. The Morgan fingerprint density at radius 3 is 2.60 bits per heavy atom. The van der Waals surface area contributed by atoms with Crippen LogP contribution in [0.2, 0.25) is 0 Å². The van der Waals surface area contributed by atoms with Gasteiger partial charge >= 0.3 is 6.09 Å². The molecule has 0 spiro atoms. The Labute approximate surface area is 91.6 Å². The van der Waals surface area contributed by atoms with Gasteiger partial charge in [0.05, 0.1) is 0 Å². The van der Waals surface area contributed by atoms with Gasteiger partial charge in [0.2, 0.25) is 0 Å². The second-order valence-corrected chi connectivity index (χ2v) is 5.32. The molecule has 1 aliphatic rings. The molecule has 0 bridgehead atoms. The smallest absolute Gasteiger partial charge is 0.407 e. The van der Waals surface area contributed by atoms with Gasteiger partial charge in [-0.25, -0.2) is 4.79 Å². The van der Waals surface area contributed by atoms with Crippen LogP contribution in [0.25, 0.3) is 0 Å². The highest BCUT2D eigenvalue weighted by molar-refractivity contribution is 5.65. The lowest BCUT2D eigenvalue weighted by Gasteiger charge is -2.30. The van der Waals surface area contributed by atoms with Crippen LogP contribution in [-0.2, 0) is 0 Å². The van der Waals surface area contributed by atoms with Crippen molar-refractivity contribution >= 4 is 6.09 Å². The highest BCUT2D eigenvalue weighted by Gasteiger charge is 2.24. The number of hydrogen-bond acceptors (Lipinski definition) is 2. The van der Waals surface area contributed by atoms with Gasteiger partial charge in [0.1, 0.15) is 0 Å². The maximum absolute atomic E-state index is 10.9. The quantitative estimate of drug-likeness (QED) is 0.701. The number of rotatable bonds is 1. The Morgan fingerprint density at radius 1 is 1.40 bits per heavy atom. The zero-order chi connectivity index (χ0) is 11.5. The summed E-state index contributed by atoms with van der Waals surface area (Å²) in [7, 11) is 0. The summed E-state index contributed by atoms with van der Waals surface area (Å²) in [6, 6.07) is 0.295. The molecule has 0 radical (unpaired) electrons. The molecule has 1 aliphatic heterocycles. The van der Waals surface area contributed by atoms with Crippen molar-refractivity contribution in [2.75, 3.05) is 13.1 Å². The molecule has 1 amide bonds. The fraction of sp³-hybridized carbons (Fsp3) is 0.909. The molecule has 1 fully saturated rings. The Balaban J connectivity index is 2.53. The van der Waals surface area contributed by atoms with Crippen LogP contribution < -0.4 is 5.32 Å². The normalized spacial score (nSPS) is 23.7. The molecule has 1 heterocycles. The van der Waals surface area contributed by atoms with Crippen molar-refractivity contribution in [1.29, 1.82) is 0 Å². The van der Waals surface area contributed by atoms with Crippen LogP contribution >= 0.6 is 0 Å². The van der Waals surface area contributed by atoms with Crippen LogP contribution in [0.4, 0.5) is 4.79 Å². The van der Waals surface area contributed by atoms with Crippen molar-refractivity contribution in [3.8, 4) is 0 Å². The molecule has 0 aromatic heterocycles. The molecule has 0 aromatic rings. The van der Waals surface area contributed by atoms with Gasteiger partial charge in [0.15, 0.2) is 0 Å². The molecule has 4 nitrogen and oxygen atoms in total. The lowest BCUT2D eigenvalue weighted by Crippen LogP contribution is -2.49. The zero-order valence-electron chi connectivity index (χ0n) is 9.92. The Bertz CT molecular complexity index is 223. The number of carbonyl (C=O) groups is 1. The number of amides is 1. The Morgan fingerprint density at radius 2 is 2.07 bits per heavy atom. The fourth-order valence-corrected chi connectivity index (χ4v) is 2.05. The summed E-state index contributed by atoms with van der Waals surface area (Å²) in [4.78, 5) is 12.4. The summed E-state index contributed by atoms with van der Waals surface area (Å²) in [5, 5.41) is 12.5. The van der Waals surface area contributed by atoms with Gasteiger partial charge in [0.25, 0.3) is 0 Å². The molecule has 4 heteroatoms. The average molecular weight is 214 g/mol. The van der Waals surface area contributed by atoms with Gasteiger partial charge in [-0.15, -0.1) is 0 Å². The third-order valence-corrected chi connectivity index (χ3v) is 2.58. The minimum atomic E-state index is -0.794. The van der Waals surface area contributed by atoms with E-state index < -0.39 is 6.09 Å². The molecule has 0 saturated carbocycles. The van der Waals surface area contributed by atoms with E-state index in [1.807, 2.05) is 0 Å². The maximum atomic E-state index is 10.9. The van der Waals surface area contributed by atoms with E-state index in [-0.39, 0.29) is 5.54 Å². The molecule has 88 valence electrons. The highest BCUT2D eigenvalue weighted by atomic mass is 16.4. The minimum Gasteiger partial charge on any atom is -0.465 e. The highest BCUT2D eigenvalue weighted by Crippen LogP contribution is 2.13. The van der Waals surface area contributed by atoms with Crippen LogP contribution in [0.3, 0.4) is 0 Å². The molecule has 1 atom stereocenters. The topological polar surface area (TPSA) is 52.6 Å². The average Bonchev–Trinajstić information content (AvgIpc) is 2.26. The van der Waals surface area contributed by atoms with Gasteiger partial charge in [-0.05, 0) is 33.6 Å². The van der Waals surface area contributed by atoms with Crippen LogP contribution in [0, 0.1) is 0 Å². The third kappa shape index (κ3) is 4.51. The van der Waals surface area contributed by atoms with E-state index in [1.54, 1.807) is 0 Å². The molecular weight excluding hydrogens is 192 g/mol. The van der Waals surface area contributed by atoms with Crippen molar-refractivity contribution in [2.45, 2.75) is 51.6 Å². The molecular formula is C11H22N2O2. The number of nitrogens with zero attached hydrogens (tertiary/aromatic N) is 1. The van der Waals surface area contributed by atoms with Crippen molar-refractivity contribution in [2.24, 2.45) is 0 Å². The molecule has 1 rings (SSSR count). The molecule has 0 unspecified atom stereocenters. The Kier molecular flexibility index (Phi) is 3.97. The predicted octanol–water partition coefficient (Wildman–Crippen LogP) is 1.91. The number of likely N-dealkylation sites (tertiary alicyclic amines) is 1. The molecule has 1 saturated heterocycles. The Hall–Kier alpha value is -0.770. The van der Waals surface area contributed by atoms with Crippen molar-refractivity contribution < 1.29 is 9.90 Å². The van der Waals surface area contributed by atoms with Gasteiger partial charge < -0.3 is 15.3 Å². The van der Waals surface area contributed by atoms with Gasteiger partial charge in [0, 0.05) is 24.7 Å². The minimum absolute atomic E-state index is 0.0547. The first kappa shape index (κ1) is 12.3. The standard InChI is InChI=1S/C11H22N2O2/c1-11(2,3)12-9-6-4-5-7-13(8-9)10(14)15/h9,12H,4-8H2,1-3H3,(H,14,15)/t9-/m0/s1. The van der Waals surface area contributed by atoms with Gasteiger partial charge in [-0.3, -0.25) is 0 Å². The summed E-state index contributed by atoms with van der Waals surface area (Å²) in [6.07, 6.45) is 2.37. The summed E-state index contributed by atoms with van der Waals surface area (Å²) in [5.74, 6) is 0.